The summed E-state index contributed by atoms with van der Waals surface area (Å²) in [6.45, 7) is 2.70. The van der Waals surface area contributed by atoms with Gasteiger partial charge in [0.15, 0.2) is 0 Å². The zero-order valence-electron chi connectivity index (χ0n) is 8.71. The average molecular weight is 200 g/mol. The van der Waals surface area contributed by atoms with E-state index in [1.54, 1.807) is 0 Å². The van der Waals surface area contributed by atoms with Crippen molar-refractivity contribution in [2.45, 2.75) is 38.2 Å². The van der Waals surface area contributed by atoms with Crippen molar-refractivity contribution in [1.29, 1.82) is 0 Å². The van der Waals surface area contributed by atoms with E-state index in [1.165, 1.54) is 6.42 Å². The molecule has 2 rings (SSSR count). The number of aliphatic hydroxyl groups excluding tert-OH is 1. The molecule has 0 radical (unpaired) electrons. The molecule has 14 heavy (non-hydrogen) atoms. The van der Waals surface area contributed by atoms with E-state index in [9.17, 15) is 5.11 Å². The van der Waals surface area contributed by atoms with Crippen LogP contribution in [0.25, 0.3) is 0 Å². The lowest BCUT2D eigenvalue weighted by molar-refractivity contribution is -0.0656. The van der Waals surface area contributed by atoms with Gasteiger partial charge in [-0.2, -0.15) is 0 Å². The van der Waals surface area contributed by atoms with Crippen LogP contribution >= 0.6 is 0 Å². The second-order valence-corrected chi connectivity index (χ2v) is 4.65. The number of aliphatic hydroxyl groups is 1. The van der Waals surface area contributed by atoms with E-state index in [-0.39, 0.29) is 12.0 Å². The first-order chi connectivity index (χ1) is 6.85. The van der Waals surface area contributed by atoms with Crippen LogP contribution in [0.5, 0.6) is 0 Å². The molecule has 0 spiro atoms. The molecule has 2 fully saturated rings. The summed E-state index contributed by atoms with van der Waals surface area (Å²) in [7, 11) is 0. The van der Waals surface area contributed by atoms with Gasteiger partial charge in [-0.25, -0.2) is 0 Å². The number of hydrogen-bond acceptors (Lipinski definition) is 3. The summed E-state index contributed by atoms with van der Waals surface area (Å²) in [4.78, 5) is 0. The molecule has 2 saturated heterocycles. The Morgan fingerprint density at radius 3 is 2.79 bits per heavy atom. The maximum Gasteiger partial charge on any atom is 0.0583 e. The maximum absolute atomic E-state index is 9.47. The van der Waals surface area contributed by atoms with Crippen molar-refractivity contribution in [3.8, 4) is 0 Å². The van der Waals surface area contributed by atoms with Crippen LogP contribution < -0.4 is 0 Å². The molecule has 0 aromatic carbocycles. The normalized spacial score (nSPS) is 38.8. The van der Waals surface area contributed by atoms with E-state index >= 15 is 0 Å². The molecule has 0 aliphatic carbocycles. The Labute approximate surface area is 85.4 Å². The standard InChI is InChI=1S/C11H20O3/c12-8-11(4-2-5-13-9-11)7-10-3-1-6-14-10/h10,12H,1-9H2. The van der Waals surface area contributed by atoms with E-state index in [4.69, 9.17) is 9.47 Å². The Morgan fingerprint density at radius 1 is 1.29 bits per heavy atom. The lowest BCUT2D eigenvalue weighted by Gasteiger charge is -2.36. The molecular formula is C11H20O3. The molecule has 1 N–H and O–H groups in total. The highest BCUT2D eigenvalue weighted by Gasteiger charge is 2.36. The summed E-state index contributed by atoms with van der Waals surface area (Å²) < 4.78 is 11.1. The second kappa shape index (κ2) is 4.60. The van der Waals surface area contributed by atoms with Gasteiger partial charge in [0.25, 0.3) is 0 Å². The topological polar surface area (TPSA) is 38.7 Å². The summed E-state index contributed by atoms with van der Waals surface area (Å²) in [5.41, 5.74) is -0.00669. The fraction of sp³-hybridized carbons (Fsp3) is 1.00. The van der Waals surface area contributed by atoms with Crippen LogP contribution in [0.15, 0.2) is 0 Å². The third kappa shape index (κ3) is 2.27. The van der Waals surface area contributed by atoms with E-state index in [1.807, 2.05) is 0 Å². The maximum atomic E-state index is 9.47. The molecule has 0 amide bonds. The highest BCUT2D eigenvalue weighted by atomic mass is 16.5. The summed E-state index contributed by atoms with van der Waals surface area (Å²) in [6.07, 6.45) is 5.83. The molecule has 3 nitrogen and oxygen atoms in total. The zero-order chi connectivity index (χ0) is 9.86. The van der Waals surface area contributed by atoms with Crippen molar-refractivity contribution < 1.29 is 14.6 Å². The van der Waals surface area contributed by atoms with Crippen molar-refractivity contribution in [3.63, 3.8) is 0 Å². The lowest BCUT2D eigenvalue weighted by atomic mass is 9.78. The third-order valence-corrected chi connectivity index (χ3v) is 3.42. The summed E-state index contributed by atoms with van der Waals surface area (Å²) in [5, 5.41) is 9.47. The van der Waals surface area contributed by atoms with Crippen LogP contribution in [0, 0.1) is 5.41 Å². The molecule has 2 aliphatic heterocycles. The number of rotatable bonds is 3. The van der Waals surface area contributed by atoms with Gasteiger partial charge in [0.1, 0.15) is 0 Å². The minimum absolute atomic E-state index is 0.00669. The van der Waals surface area contributed by atoms with Gasteiger partial charge in [-0.05, 0) is 32.1 Å². The Kier molecular flexibility index (Phi) is 3.42. The van der Waals surface area contributed by atoms with Gasteiger partial charge in [-0.15, -0.1) is 0 Å². The molecule has 0 bridgehead atoms. The molecular weight excluding hydrogens is 180 g/mol. The van der Waals surface area contributed by atoms with Crippen LogP contribution in [0.3, 0.4) is 0 Å². The Bertz CT molecular complexity index is 169. The predicted octanol–water partition coefficient (Wildman–Crippen LogP) is 1.34. The first-order valence-electron chi connectivity index (χ1n) is 5.65. The molecule has 0 aromatic heterocycles. The molecule has 3 heteroatoms. The van der Waals surface area contributed by atoms with Crippen LogP contribution in [0.2, 0.25) is 0 Å². The highest BCUT2D eigenvalue weighted by molar-refractivity contribution is 4.85. The quantitative estimate of drug-likeness (QED) is 0.747. The van der Waals surface area contributed by atoms with Gasteiger partial charge in [0.05, 0.1) is 19.3 Å². The van der Waals surface area contributed by atoms with Gasteiger partial charge in [-0.3, -0.25) is 0 Å². The van der Waals surface area contributed by atoms with E-state index in [0.29, 0.717) is 12.7 Å². The van der Waals surface area contributed by atoms with Crippen molar-refractivity contribution in [1.82, 2.24) is 0 Å². The van der Waals surface area contributed by atoms with Crippen LogP contribution in [0.4, 0.5) is 0 Å². The fourth-order valence-corrected chi connectivity index (χ4v) is 2.55. The van der Waals surface area contributed by atoms with E-state index < -0.39 is 0 Å². The Morgan fingerprint density at radius 2 is 2.21 bits per heavy atom. The minimum atomic E-state index is -0.00669. The Hall–Kier alpha value is -0.120. The molecule has 2 heterocycles. The van der Waals surface area contributed by atoms with Gasteiger partial charge in [-0.1, -0.05) is 0 Å². The van der Waals surface area contributed by atoms with Gasteiger partial charge >= 0.3 is 0 Å². The average Bonchev–Trinajstić information content (AvgIpc) is 2.72. The summed E-state index contributed by atoms with van der Waals surface area (Å²) in [5.74, 6) is 0. The second-order valence-electron chi connectivity index (χ2n) is 4.65. The Balaban J connectivity index is 1.89. The zero-order valence-corrected chi connectivity index (χ0v) is 8.71. The monoisotopic (exact) mass is 200 g/mol. The van der Waals surface area contributed by atoms with Crippen molar-refractivity contribution in [2.75, 3.05) is 26.4 Å². The molecule has 0 aromatic rings. The molecule has 2 unspecified atom stereocenters. The molecule has 2 atom stereocenters. The van der Waals surface area contributed by atoms with E-state index in [0.717, 1.165) is 38.9 Å². The SMILES string of the molecule is OCC1(CC2CCCO2)CCCOC1. The van der Waals surface area contributed by atoms with Gasteiger partial charge in [0, 0.05) is 18.6 Å². The van der Waals surface area contributed by atoms with Crippen LogP contribution in [0.1, 0.15) is 32.1 Å². The van der Waals surface area contributed by atoms with E-state index in [2.05, 4.69) is 0 Å². The summed E-state index contributed by atoms with van der Waals surface area (Å²) in [6, 6.07) is 0. The minimum Gasteiger partial charge on any atom is -0.396 e. The molecule has 2 aliphatic rings. The van der Waals surface area contributed by atoms with Crippen LogP contribution in [-0.2, 0) is 9.47 Å². The van der Waals surface area contributed by atoms with Gasteiger partial charge in [0.2, 0.25) is 0 Å². The molecule has 82 valence electrons. The lowest BCUT2D eigenvalue weighted by Crippen LogP contribution is -2.38. The highest BCUT2D eigenvalue weighted by Crippen LogP contribution is 2.35. The number of hydrogen-bond donors (Lipinski definition) is 1. The first-order valence-corrected chi connectivity index (χ1v) is 5.65. The van der Waals surface area contributed by atoms with Crippen LogP contribution in [-0.4, -0.2) is 37.6 Å². The van der Waals surface area contributed by atoms with Crippen molar-refractivity contribution >= 4 is 0 Å². The number of ether oxygens (including phenoxy) is 2. The largest absolute Gasteiger partial charge is 0.396 e. The smallest absolute Gasteiger partial charge is 0.0583 e. The molecule has 0 saturated carbocycles. The predicted molar refractivity (Wildman–Crippen MR) is 53.2 cm³/mol. The van der Waals surface area contributed by atoms with Gasteiger partial charge < -0.3 is 14.6 Å². The van der Waals surface area contributed by atoms with Crippen molar-refractivity contribution in [2.24, 2.45) is 5.41 Å². The third-order valence-electron chi connectivity index (χ3n) is 3.42. The summed E-state index contributed by atoms with van der Waals surface area (Å²) >= 11 is 0. The first kappa shape index (κ1) is 10.4. The fourth-order valence-electron chi connectivity index (χ4n) is 2.55. The van der Waals surface area contributed by atoms with Crippen molar-refractivity contribution in [3.05, 3.63) is 0 Å².